The zero-order valence-electron chi connectivity index (χ0n) is 63.8. The average molecular weight is 1390 g/mol. The molecule has 1 amide bonds. The first-order valence-corrected chi connectivity index (χ1v) is 42.6. The summed E-state index contributed by atoms with van der Waals surface area (Å²) in [5, 5.41) is 87.9. The van der Waals surface area contributed by atoms with Crippen molar-refractivity contribution in [3.63, 3.8) is 0 Å². The summed E-state index contributed by atoms with van der Waals surface area (Å²) in [5.41, 5.74) is 0. The number of carbonyl (C=O) groups is 1. The van der Waals surface area contributed by atoms with E-state index in [0.717, 1.165) is 57.8 Å². The lowest BCUT2D eigenvalue weighted by atomic mass is 9.97. The normalized spacial score (nSPS) is 22.1. The van der Waals surface area contributed by atoms with Gasteiger partial charge in [0.15, 0.2) is 12.6 Å². The van der Waals surface area contributed by atoms with Gasteiger partial charge in [-0.2, -0.15) is 0 Å². The van der Waals surface area contributed by atoms with E-state index in [-0.39, 0.29) is 12.5 Å². The number of carbonyl (C=O) groups excluding carboxylic acids is 1. The Kier molecular flexibility index (Phi) is 64.8. The first-order valence-electron chi connectivity index (χ1n) is 42.6. The number of nitrogens with one attached hydrogen (secondary N) is 1. The largest absolute Gasteiger partial charge is 0.394 e. The molecule has 2 saturated heterocycles. The number of rotatable bonds is 73. The molecule has 0 aromatic heterocycles. The van der Waals surface area contributed by atoms with E-state index in [0.29, 0.717) is 12.8 Å². The van der Waals surface area contributed by atoms with Gasteiger partial charge in [-0.15, -0.1) is 0 Å². The molecule has 98 heavy (non-hydrogen) atoms. The van der Waals surface area contributed by atoms with E-state index in [2.05, 4.69) is 43.5 Å². The lowest BCUT2D eigenvalue weighted by Gasteiger charge is -2.46. The molecule has 0 saturated carbocycles. The Bertz CT molecular complexity index is 1740. The number of ether oxygens (including phenoxy) is 4. The molecule has 2 heterocycles. The number of aliphatic hydroxyl groups is 8. The van der Waals surface area contributed by atoms with Gasteiger partial charge in [0.25, 0.3) is 0 Å². The van der Waals surface area contributed by atoms with E-state index in [1.807, 2.05) is 0 Å². The van der Waals surface area contributed by atoms with Crippen LogP contribution in [0.15, 0.2) is 24.3 Å². The molecule has 2 aliphatic heterocycles. The highest BCUT2D eigenvalue weighted by atomic mass is 16.7. The molecule has 580 valence electrons. The molecule has 0 radical (unpaired) electrons. The van der Waals surface area contributed by atoms with E-state index in [1.165, 1.54) is 327 Å². The number of hydrogen-bond donors (Lipinski definition) is 9. The number of allylic oxidation sites excluding steroid dienone is 4. The van der Waals surface area contributed by atoms with Crippen LogP contribution in [-0.4, -0.2) is 140 Å². The first kappa shape index (κ1) is 92.6. The van der Waals surface area contributed by atoms with Crippen molar-refractivity contribution < 1.29 is 64.6 Å². The summed E-state index contributed by atoms with van der Waals surface area (Å²) in [5.74, 6) is -0.196. The molecule has 2 fully saturated rings. The number of unbranched alkanes of at least 4 members (excludes halogenated alkanes) is 56. The van der Waals surface area contributed by atoms with Crippen molar-refractivity contribution in [3.05, 3.63) is 24.3 Å². The summed E-state index contributed by atoms with van der Waals surface area (Å²) < 4.78 is 23.0. The van der Waals surface area contributed by atoms with Crippen molar-refractivity contribution >= 4 is 5.91 Å². The Hall–Kier alpha value is -1.53. The fraction of sp³-hybridized carbons (Fsp3) is 0.940. The summed E-state index contributed by atoms with van der Waals surface area (Å²) in [6, 6.07) is -0.828. The van der Waals surface area contributed by atoms with Gasteiger partial charge in [-0.1, -0.05) is 385 Å². The molecule has 12 unspecified atom stereocenters. The lowest BCUT2D eigenvalue weighted by Crippen LogP contribution is -2.65. The van der Waals surface area contributed by atoms with E-state index >= 15 is 0 Å². The predicted octanol–water partition coefficient (Wildman–Crippen LogP) is 19.8. The zero-order chi connectivity index (χ0) is 70.8. The number of hydrogen-bond acceptors (Lipinski definition) is 13. The third kappa shape index (κ3) is 50.8. The van der Waals surface area contributed by atoms with Crippen molar-refractivity contribution in [1.82, 2.24) is 5.32 Å². The fourth-order valence-electron chi connectivity index (χ4n) is 14.5. The number of amides is 1. The summed E-state index contributed by atoms with van der Waals surface area (Å²) in [4.78, 5) is 13.4. The topological polar surface area (TPSA) is 228 Å². The van der Waals surface area contributed by atoms with Crippen molar-refractivity contribution in [1.29, 1.82) is 0 Å². The Morgan fingerprint density at radius 3 is 1.02 bits per heavy atom. The Balaban J connectivity index is 1.56. The Morgan fingerprint density at radius 2 is 0.673 bits per heavy atom. The van der Waals surface area contributed by atoms with Gasteiger partial charge >= 0.3 is 0 Å². The Morgan fingerprint density at radius 1 is 0.367 bits per heavy atom. The average Bonchev–Trinajstić information content (AvgIpc) is 0.793. The van der Waals surface area contributed by atoms with Crippen molar-refractivity contribution in [2.75, 3.05) is 19.8 Å². The van der Waals surface area contributed by atoms with Crippen LogP contribution in [0.2, 0.25) is 0 Å². The van der Waals surface area contributed by atoms with Crippen LogP contribution >= 0.6 is 0 Å². The highest BCUT2D eigenvalue weighted by molar-refractivity contribution is 5.76. The molecule has 0 aromatic rings. The van der Waals surface area contributed by atoms with Gasteiger partial charge in [0, 0.05) is 6.42 Å². The lowest BCUT2D eigenvalue weighted by molar-refractivity contribution is -0.359. The molecule has 14 nitrogen and oxygen atoms in total. The molecular weight excluding hydrogens is 1230 g/mol. The third-order valence-corrected chi connectivity index (χ3v) is 21.2. The third-order valence-electron chi connectivity index (χ3n) is 21.2. The highest BCUT2D eigenvalue weighted by Gasteiger charge is 2.51. The van der Waals surface area contributed by atoms with Gasteiger partial charge in [0.1, 0.15) is 48.8 Å². The van der Waals surface area contributed by atoms with Crippen LogP contribution in [0.1, 0.15) is 412 Å². The maximum atomic E-state index is 13.4. The number of aliphatic hydroxyl groups excluding tert-OH is 8. The Labute approximate surface area is 602 Å². The molecule has 2 rings (SSSR count). The van der Waals surface area contributed by atoms with E-state index < -0.39 is 86.8 Å². The van der Waals surface area contributed by atoms with E-state index in [4.69, 9.17) is 18.9 Å². The molecule has 2 aliphatic rings. The van der Waals surface area contributed by atoms with Crippen LogP contribution in [0, 0.1) is 0 Å². The summed E-state index contributed by atoms with van der Waals surface area (Å²) in [6.07, 6.45) is 72.4. The van der Waals surface area contributed by atoms with Crippen molar-refractivity contribution in [2.45, 2.75) is 485 Å². The SMILES string of the molecule is CCCCCCC/C=C\C/C=C\CCCCCCCCCCCCCCCCCCCCCCCCCCCC(=O)NC(COC1OC(CO)C(OC2OC(CO)C(O)C(O)C2O)C(O)C1O)C(O)CCCCCCCCCCCCCCCCCCCCCCCCCCCCC. The van der Waals surface area contributed by atoms with E-state index in [1.54, 1.807) is 0 Å². The maximum absolute atomic E-state index is 13.4. The molecule has 14 heteroatoms. The van der Waals surface area contributed by atoms with Gasteiger partial charge in [-0.25, -0.2) is 0 Å². The van der Waals surface area contributed by atoms with Crippen molar-refractivity contribution in [2.24, 2.45) is 0 Å². The van der Waals surface area contributed by atoms with E-state index in [9.17, 15) is 45.6 Å². The van der Waals surface area contributed by atoms with Crippen LogP contribution in [0.3, 0.4) is 0 Å². The predicted molar refractivity (Wildman–Crippen MR) is 406 cm³/mol. The van der Waals surface area contributed by atoms with Gasteiger partial charge in [0.2, 0.25) is 5.91 Å². The first-order chi connectivity index (χ1) is 48.1. The van der Waals surface area contributed by atoms with Crippen LogP contribution in [0.25, 0.3) is 0 Å². The minimum atomic E-state index is -1.78. The molecule has 12 atom stereocenters. The zero-order valence-corrected chi connectivity index (χ0v) is 63.8. The standard InChI is InChI=1S/C84H161NO13/c1-3-5-7-9-11-13-15-17-19-21-23-25-27-29-31-32-33-34-35-36-37-38-39-40-42-44-46-48-50-52-54-56-58-60-62-64-66-68-76(89)85-72(71-95-83-81(94)79(92)82(75(70-87)97-83)98-84-80(93)78(91)77(90)74(69-86)96-84)73(88)67-65-63-61-59-57-55-53-51-49-47-45-43-41-30-28-26-24-22-20-18-16-14-12-10-8-6-4-2/h15,17,21,23,72-75,77-84,86-88,90-94H,3-14,16,18-20,22,24-71H2,1-2H3,(H,85,89)/b17-15-,23-21-. The quantitative estimate of drug-likeness (QED) is 0.0204. The van der Waals surface area contributed by atoms with Crippen LogP contribution in [0.4, 0.5) is 0 Å². The summed E-state index contributed by atoms with van der Waals surface area (Å²) in [6.45, 7) is 2.93. The highest BCUT2D eigenvalue weighted by Crippen LogP contribution is 2.31. The molecule has 0 bridgehead atoms. The van der Waals surface area contributed by atoms with Crippen molar-refractivity contribution in [3.8, 4) is 0 Å². The smallest absolute Gasteiger partial charge is 0.220 e. The van der Waals surface area contributed by atoms with Crippen LogP contribution in [0.5, 0.6) is 0 Å². The molecule has 9 N–H and O–H groups in total. The second-order valence-corrected chi connectivity index (χ2v) is 30.3. The minimum Gasteiger partial charge on any atom is -0.394 e. The molecular formula is C84H161NO13. The fourth-order valence-corrected chi connectivity index (χ4v) is 14.5. The van der Waals surface area contributed by atoms with Gasteiger partial charge in [-0.3, -0.25) is 4.79 Å². The monoisotopic (exact) mass is 1390 g/mol. The second-order valence-electron chi connectivity index (χ2n) is 30.3. The van der Waals surface area contributed by atoms with Crippen LogP contribution < -0.4 is 5.32 Å². The maximum Gasteiger partial charge on any atom is 0.220 e. The molecule has 0 aromatic carbocycles. The minimum absolute atomic E-state index is 0.196. The second kappa shape index (κ2) is 68.6. The summed E-state index contributed by atoms with van der Waals surface area (Å²) >= 11 is 0. The van der Waals surface area contributed by atoms with Gasteiger partial charge in [0.05, 0.1) is 32.0 Å². The molecule has 0 aliphatic carbocycles. The van der Waals surface area contributed by atoms with Gasteiger partial charge in [-0.05, 0) is 44.9 Å². The molecule has 0 spiro atoms. The summed E-state index contributed by atoms with van der Waals surface area (Å²) in [7, 11) is 0. The van der Waals surface area contributed by atoms with Gasteiger partial charge < -0.3 is 65.1 Å². The van der Waals surface area contributed by atoms with Crippen LogP contribution in [-0.2, 0) is 23.7 Å².